The molecule has 29 heavy (non-hydrogen) atoms. The van der Waals surface area contributed by atoms with Crippen molar-refractivity contribution >= 4 is 40.6 Å². The van der Waals surface area contributed by atoms with Gasteiger partial charge in [-0.1, -0.05) is 29.8 Å². The second-order valence-electron chi connectivity index (χ2n) is 6.75. The maximum Gasteiger partial charge on any atom is 0.262 e. The van der Waals surface area contributed by atoms with Crippen LogP contribution in [0.1, 0.15) is 22.3 Å². The molecule has 3 rings (SSSR count). The summed E-state index contributed by atoms with van der Waals surface area (Å²) in [6.07, 6.45) is 0.683. The minimum atomic E-state index is -0.178. The number of aromatic amines is 1. The molecule has 0 atom stereocenters. The summed E-state index contributed by atoms with van der Waals surface area (Å²) < 4.78 is 6.88. The Morgan fingerprint density at radius 2 is 2.03 bits per heavy atom. The number of hydrogen-bond acceptors (Lipinski definition) is 4. The van der Waals surface area contributed by atoms with Gasteiger partial charge in [-0.15, -0.1) is 0 Å². The Kier molecular flexibility index (Phi) is 6.84. The maximum absolute atomic E-state index is 12.9. The Bertz CT molecular complexity index is 1160. The van der Waals surface area contributed by atoms with Crippen molar-refractivity contribution in [3.63, 3.8) is 0 Å². The van der Waals surface area contributed by atoms with Crippen LogP contribution in [0, 0.1) is 4.77 Å². The summed E-state index contributed by atoms with van der Waals surface area (Å²) in [5.74, 6) is -0.171. The molecule has 6 nitrogen and oxygen atoms in total. The summed E-state index contributed by atoms with van der Waals surface area (Å²) in [4.78, 5) is 30.3. The fourth-order valence-electron chi connectivity index (χ4n) is 3.13. The molecule has 8 heteroatoms. The van der Waals surface area contributed by atoms with Crippen LogP contribution in [-0.4, -0.2) is 41.1 Å². The number of rotatable bonds is 7. The molecule has 3 aromatic rings. The van der Waals surface area contributed by atoms with Crippen molar-refractivity contribution in [2.75, 3.05) is 20.8 Å². The van der Waals surface area contributed by atoms with Gasteiger partial charge in [-0.2, -0.15) is 0 Å². The number of halogens is 1. The quantitative estimate of drug-likeness (QED) is 0.453. The van der Waals surface area contributed by atoms with Gasteiger partial charge in [0, 0.05) is 44.4 Å². The molecule has 2 aromatic carbocycles. The Balaban J connectivity index is 1.88. The van der Waals surface area contributed by atoms with E-state index in [1.807, 2.05) is 18.2 Å². The number of ether oxygens (including phenoxy) is 1. The second-order valence-corrected chi connectivity index (χ2v) is 7.54. The van der Waals surface area contributed by atoms with Gasteiger partial charge < -0.3 is 14.6 Å². The molecule has 0 bridgehead atoms. The van der Waals surface area contributed by atoms with E-state index in [0.29, 0.717) is 52.4 Å². The van der Waals surface area contributed by atoms with Gasteiger partial charge in [0.1, 0.15) is 0 Å². The molecular weight excluding hydrogens is 410 g/mol. The lowest BCUT2D eigenvalue weighted by Crippen LogP contribution is -2.27. The number of nitrogens with zero attached hydrogens (tertiary/aromatic N) is 2. The van der Waals surface area contributed by atoms with Crippen LogP contribution in [0.25, 0.3) is 10.9 Å². The first-order chi connectivity index (χ1) is 13.9. The fourth-order valence-corrected chi connectivity index (χ4v) is 3.61. The molecule has 1 heterocycles. The summed E-state index contributed by atoms with van der Waals surface area (Å²) in [6.45, 7) is 1.40. The van der Waals surface area contributed by atoms with E-state index in [2.05, 4.69) is 4.98 Å². The second kappa shape index (κ2) is 9.35. The highest BCUT2D eigenvalue weighted by atomic mass is 35.5. The predicted molar refractivity (Wildman–Crippen MR) is 117 cm³/mol. The van der Waals surface area contributed by atoms with Crippen molar-refractivity contribution in [2.45, 2.75) is 19.5 Å². The zero-order chi connectivity index (χ0) is 21.0. The summed E-state index contributed by atoms with van der Waals surface area (Å²) >= 11 is 11.5. The zero-order valence-electron chi connectivity index (χ0n) is 16.3. The average Bonchev–Trinajstić information content (AvgIpc) is 2.71. The first kappa shape index (κ1) is 21.2. The Morgan fingerprint density at radius 1 is 1.28 bits per heavy atom. The van der Waals surface area contributed by atoms with Crippen molar-refractivity contribution < 1.29 is 9.53 Å². The number of aromatic nitrogens is 2. The van der Waals surface area contributed by atoms with Gasteiger partial charge in [0.25, 0.3) is 11.5 Å². The van der Waals surface area contributed by atoms with Crippen LogP contribution >= 0.6 is 23.8 Å². The van der Waals surface area contributed by atoms with Crippen LogP contribution < -0.4 is 5.56 Å². The monoisotopic (exact) mass is 431 g/mol. The largest absolute Gasteiger partial charge is 0.385 e. The number of nitrogens with one attached hydrogen (secondary N) is 1. The Hall–Kier alpha value is -2.48. The van der Waals surface area contributed by atoms with Crippen LogP contribution in [0.4, 0.5) is 0 Å². The van der Waals surface area contributed by atoms with Gasteiger partial charge in [-0.3, -0.25) is 14.2 Å². The number of amides is 1. The molecule has 1 aromatic heterocycles. The molecule has 0 saturated heterocycles. The van der Waals surface area contributed by atoms with Gasteiger partial charge in [-0.05, 0) is 48.5 Å². The summed E-state index contributed by atoms with van der Waals surface area (Å²) in [5.41, 5.74) is 1.70. The zero-order valence-corrected chi connectivity index (χ0v) is 17.8. The smallest absolute Gasteiger partial charge is 0.262 e. The van der Waals surface area contributed by atoms with Crippen LogP contribution in [0.5, 0.6) is 0 Å². The number of methoxy groups -OCH3 is 1. The molecular formula is C21H22ClN3O3S. The molecule has 0 unspecified atom stereocenters. The molecule has 1 N–H and O–H groups in total. The minimum Gasteiger partial charge on any atom is -0.385 e. The van der Waals surface area contributed by atoms with E-state index in [9.17, 15) is 9.59 Å². The first-order valence-corrected chi connectivity index (χ1v) is 9.95. The third-order valence-corrected chi connectivity index (χ3v) is 5.36. The number of benzene rings is 2. The highest BCUT2D eigenvalue weighted by Crippen LogP contribution is 2.18. The standard InChI is InChI=1S/C21H22ClN3O3S/c1-24(13-15-6-3-4-7-17(15)22)19(26)14-8-9-16-18(12-14)23-21(29)25(20(16)27)10-5-11-28-2/h3-4,6-9,12H,5,10-11,13H2,1-2H3,(H,23,29). The molecule has 0 aliphatic heterocycles. The van der Waals surface area contributed by atoms with Crippen molar-refractivity contribution in [3.05, 3.63) is 73.7 Å². The Morgan fingerprint density at radius 3 is 2.76 bits per heavy atom. The van der Waals surface area contributed by atoms with Crippen molar-refractivity contribution in [1.82, 2.24) is 14.5 Å². The number of carbonyl (C=O) groups excluding carboxylic acids is 1. The average molecular weight is 432 g/mol. The van der Waals surface area contributed by atoms with Crippen LogP contribution in [0.3, 0.4) is 0 Å². The first-order valence-electron chi connectivity index (χ1n) is 9.17. The van der Waals surface area contributed by atoms with Gasteiger partial charge in [0.2, 0.25) is 0 Å². The van der Waals surface area contributed by atoms with E-state index in [-0.39, 0.29) is 11.5 Å². The highest BCUT2D eigenvalue weighted by molar-refractivity contribution is 7.71. The lowest BCUT2D eigenvalue weighted by atomic mass is 10.1. The molecule has 0 saturated carbocycles. The molecule has 0 radical (unpaired) electrons. The Labute approximate surface area is 178 Å². The van der Waals surface area contributed by atoms with E-state index < -0.39 is 0 Å². The van der Waals surface area contributed by atoms with Crippen LogP contribution in [0.15, 0.2) is 47.3 Å². The van der Waals surface area contributed by atoms with Crippen LogP contribution in [-0.2, 0) is 17.8 Å². The SMILES string of the molecule is COCCCn1c(=S)[nH]c2cc(C(=O)N(C)Cc3ccccc3Cl)ccc2c1=O. The third kappa shape index (κ3) is 4.75. The maximum atomic E-state index is 12.9. The number of carbonyl (C=O) groups is 1. The molecule has 1 amide bonds. The summed E-state index contributed by atoms with van der Waals surface area (Å²) in [5, 5.41) is 1.10. The minimum absolute atomic E-state index is 0.171. The topological polar surface area (TPSA) is 67.3 Å². The van der Waals surface area contributed by atoms with E-state index in [0.717, 1.165) is 5.56 Å². The van der Waals surface area contributed by atoms with Gasteiger partial charge in [-0.25, -0.2) is 0 Å². The molecule has 0 aliphatic rings. The van der Waals surface area contributed by atoms with Crippen molar-refractivity contribution in [1.29, 1.82) is 0 Å². The van der Waals surface area contributed by atoms with E-state index in [1.54, 1.807) is 43.3 Å². The predicted octanol–water partition coefficient (Wildman–Crippen LogP) is 4.02. The third-order valence-electron chi connectivity index (χ3n) is 4.67. The fraction of sp³-hybridized carbons (Fsp3) is 0.286. The van der Waals surface area contributed by atoms with E-state index in [4.69, 9.17) is 28.6 Å². The number of H-pyrrole nitrogens is 1. The molecule has 0 fully saturated rings. The van der Waals surface area contributed by atoms with Gasteiger partial charge >= 0.3 is 0 Å². The highest BCUT2D eigenvalue weighted by Gasteiger charge is 2.15. The molecule has 152 valence electrons. The molecule has 0 aliphatic carbocycles. The lowest BCUT2D eigenvalue weighted by molar-refractivity contribution is 0.0785. The van der Waals surface area contributed by atoms with E-state index in [1.165, 1.54) is 4.57 Å². The number of hydrogen-bond donors (Lipinski definition) is 1. The summed E-state index contributed by atoms with van der Waals surface area (Å²) in [6, 6.07) is 12.4. The lowest BCUT2D eigenvalue weighted by Gasteiger charge is -2.18. The molecule has 0 spiro atoms. The van der Waals surface area contributed by atoms with Crippen LogP contribution in [0.2, 0.25) is 5.02 Å². The number of fused-ring (bicyclic) bond motifs is 1. The van der Waals surface area contributed by atoms with Crippen molar-refractivity contribution in [3.8, 4) is 0 Å². The van der Waals surface area contributed by atoms with Gasteiger partial charge in [0.05, 0.1) is 10.9 Å². The van der Waals surface area contributed by atoms with Crippen molar-refractivity contribution in [2.24, 2.45) is 0 Å². The van der Waals surface area contributed by atoms with Gasteiger partial charge in [0.15, 0.2) is 4.77 Å². The summed E-state index contributed by atoms with van der Waals surface area (Å²) in [7, 11) is 3.33. The van der Waals surface area contributed by atoms with E-state index >= 15 is 0 Å². The normalized spacial score (nSPS) is 11.0.